The maximum atomic E-state index is 12.9. The molecule has 0 saturated carbocycles. The second-order valence-corrected chi connectivity index (χ2v) is 8.81. The highest BCUT2D eigenvalue weighted by molar-refractivity contribution is 8.00. The zero-order chi connectivity index (χ0) is 24.5. The lowest BCUT2D eigenvalue weighted by Crippen LogP contribution is -2.16. The fraction of sp³-hybridized carbons (Fsp3) is 0.259. The van der Waals surface area contributed by atoms with E-state index in [1.165, 1.54) is 17.3 Å². The van der Waals surface area contributed by atoms with Gasteiger partial charge in [0.15, 0.2) is 11.5 Å². The minimum Gasteiger partial charge on any atom is -0.493 e. The third-order valence-corrected chi connectivity index (χ3v) is 6.58. The number of nitrogens with one attached hydrogen (secondary N) is 2. The monoisotopic (exact) mass is 478 g/mol. The summed E-state index contributed by atoms with van der Waals surface area (Å²) in [4.78, 5) is 26.2. The molecular formula is C27H30N2O4S. The fourth-order valence-electron chi connectivity index (χ4n) is 3.36. The van der Waals surface area contributed by atoms with E-state index in [2.05, 4.69) is 24.5 Å². The van der Waals surface area contributed by atoms with Crippen molar-refractivity contribution in [2.24, 2.45) is 0 Å². The Balaban J connectivity index is 1.62. The number of methoxy groups -OCH3 is 2. The highest BCUT2D eigenvalue weighted by atomic mass is 32.2. The molecule has 7 heteroatoms. The summed E-state index contributed by atoms with van der Waals surface area (Å²) in [6.45, 7) is 4.34. The molecule has 0 radical (unpaired) electrons. The lowest BCUT2D eigenvalue weighted by atomic mass is 9.98. The van der Waals surface area contributed by atoms with E-state index in [9.17, 15) is 9.59 Å². The average Bonchev–Trinajstić information content (AvgIpc) is 2.87. The van der Waals surface area contributed by atoms with Gasteiger partial charge in [0.05, 0.1) is 25.5 Å². The first kappa shape index (κ1) is 25.2. The lowest BCUT2D eigenvalue weighted by molar-refractivity contribution is -0.113. The van der Waals surface area contributed by atoms with Gasteiger partial charge in [0.2, 0.25) is 5.91 Å². The molecule has 0 heterocycles. The van der Waals surface area contributed by atoms with E-state index in [0.29, 0.717) is 28.7 Å². The van der Waals surface area contributed by atoms with Gasteiger partial charge in [-0.05, 0) is 54.3 Å². The highest BCUT2D eigenvalue weighted by Crippen LogP contribution is 2.30. The molecule has 0 saturated heterocycles. The first-order valence-corrected chi connectivity index (χ1v) is 12.1. The quantitative estimate of drug-likeness (QED) is 0.339. The summed E-state index contributed by atoms with van der Waals surface area (Å²) in [6.07, 6.45) is 1.07. The predicted octanol–water partition coefficient (Wildman–Crippen LogP) is 6.20. The van der Waals surface area contributed by atoms with Crippen LogP contribution in [0.5, 0.6) is 11.5 Å². The predicted molar refractivity (Wildman–Crippen MR) is 138 cm³/mol. The van der Waals surface area contributed by atoms with Crippen molar-refractivity contribution in [2.45, 2.75) is 31.1 Å². The molecule has 2 amide bonds. The number of benzene rings is 3. The van der Waals surface area contributed by atoms with E-state index in [-0.39, 0.29) is 17.6 Å². The molecule has 178 valence electrons. The van der Waals surface area contributed by atoms with Crippen molar-refractivity contribution >= 4 is 35.0 Å². The van der Waals surface area contributed by atoms with Gasteiger partial charge in [-0.3, -0.25) is 9.59 Å². The zero-order valence-corrected chi connectivity index (χ0v) is 20.7. The maximum Gasteiger partial charge on any atom is 0.256 e. The molecular weight excluding hydrogens is 448 g/mol. The van der Waals surface area contributed by atoms with Gasteiger partial charge in [-0.15, -0.1) is 11.8 Å². The first-order valence-electron chi connectivity index (χ1n) is 11.1. The van der Waals surface area contributed by atoms with Gasteiger partial charge in [-0.25, -0.2) is 0 Å². The number of hydrogen-bond donors (Lipinski definition) is 2. The Morgan fingerprint density at radius 2 is 1.56 bits per heavy atom. The Morgan fingerprint density at radius 1 is 0.882 bits per heavy atom. The molecule has 3 rings (SSSR count). The Bertz CT molecular complexity index is 1130. The molecule has 1 atom stereocenters. The minimum atomic E-state index is -0.209. The maximum absolute atomic E-state index is 12.9. The molecule has 0 aliphatic carbocycles. The smallest absolute Gasteiger partial charge is 0.256 e. The Labute approximate surface area is 205 Å². The Morgan fingerprint density at radius 3 is 2.24 bits per heavy atom. The van der Waals surface area contributed by atoms with Gasteiger partial charge in [-0.2, -0.15) is 0 Å². The fourth-order valence-corrected chi connectivity index (χ4v) is 4.21. The topological polar surface area (TPSA) is 76.7 Å². The number of hydrogen-bond acceptors (Lipinski definition) is 5. The van der Waals surface area contributed by atoms with Crippen LogP contribution < -0.4 is 20.1 Å². The second kappa shape index (κ2) is 12.1. The summed E-state index contributed by atoms with van der Waals surface area (Å²) in [5, 5.41) is 5.81. The minimum absolute atomic E-state index is 0.155. The normalized spacial score (nSPS) is 11.4. The number of carbonyl (C=O) groups excluding carboxylic acids is 2. The van der Waals surface area contributed by atoms with Crippen molar-refractivity contribution in [3.8, 4) is 11.5 Å². The zero-order valence-electron chi connectivity index (χ0n) is 19.9. The van der Waals surface area contributed by atoms with E-state index in [1.54, 1.807) is 38.5 Å². The SMILES string of the molecule is CCC(C)c1ccc(NC(=O)c2ccccc2SCC(=O)Nc2ccc(OC)c(OC)c2)cc1. The first-order chi connectivity index (χ1) is 16.4. The standard InChI is InChI=1S/C27H30N2O4S/c1-5-18(2)19-10-12-20(13-11-19)29-27(31)22-8-6-7-9-25(22)34-17-26(30)28-21-14-15-23(32-3)24(16-21)33-4/h6-16,18H,5,17H2,1-4H3,(H,28,30)(H,29,31). The molecule has 0 spiro atoms. The van der Waals surface area contributed by atoms with Crippen LogP contribution in [0, 0.1) is 0 Å². The van der Waals surface area contributed by atoms with E-state index in [1.807, 2.05) is 42.5 Å². The molecule has 6 nitrogen and oxygen atoms in total. The average molecular weight is 479 g/mol. The largest absolute Gasteiger partial charge is 0.493 e. The number of ether oxygens (including phenoxy) is 2. The number of thioether (sulfide) groups is 1. The highest BCUT2D eigenvalue weighted by Gasteiger charge is 2.14. The summed E-state index contributed by atoms with van der Waals surface area (Å²) in [7, 11) is 3.10. The van der Waals surface area contributed by atoms with Gasteiger partial charge >= 0.3 is 0 Å². The number of rotatable bonds is 10. The number of amides is 2. The van der Waals surface area contributed by atoms with Gasteiger partial charge < -0.3 is 20.1 Å². The van der Waals surface area contributed by atoms with Gasteiger partial charge in [0, 0.05) is 22.3 Å². The summed E-state index contributed by atoms with van der Waals surface area (Å²) < 4.78 is 10.5. The van der Waals surface area contributed by atoms with Gasteiger partial charge in [-0.1, -0.05) is 38.1 Å². The van der Waals surface area contributed by atoms with Crippen LogP contribution in [0.1, 0.15) is 42.1 Å². The molecule has 3 aromatic carbocycles. The molecule has 0 bridgehead atoms. The van der Waals surface area contributed by atoms with Crippen molar-refractivity contribution in [1.29, 1.82) is 0 Å². The van der Waals surface area contributed by atoms with Crippen LogP contribution in [-0.4, -0.2) is 31.8 Å². The number of carbonyl (C=O) groups is 2. The van der Waals surface area contributed by atoms with E-state index < -0.39 is 0 Å². The van der Waals surface area contributed by atoms with Crippen LogP contribution in [0.2, 0.25) is 0 Å². The Hall–Kier alpha value is -3.45. The molecule has 0 aliphatic heterocycles. The third-order valence-electron chi connectivity index (χ3n) is 5.51. The van der Waals surface area contributed by atoms with Crippen LogP contribution in [0.3, 0.4) is 0 Å². The van der Waals surface area contributed by atoms with Crippen molar-refractivity contribution < 1.29 is 19.1 Å². The summed E-state index contributed by atoms with van der Waals surface area (Å²) in [5.74, 6) is 1.36. The third kappa shape index (κ3) is 6.54. The molecule has 0 aliphatic rings. The second-order valence-electron chi connectivity index (χ2n) is 7.79. The molecule has 0 aromatic heterocycles. The molecule has 1 unspecified atom stereocenters. The number of anilines is 2. The van der Waals surface area contributed by atoms with Crippen LogP contribution >= 0.6 is 11.8 Å². The van der Waals surface area contributed by atoms with Crippen LogP contribution in [0.15, 0.2) is 71.6 Å². The van der Waals surface area contributed by atoms with E-state index in [4.69, 9.17) is 9.47 Å². The molecule has 2 N–H and O–H groups in total. The molecule has 0 fully saturated rings. The Kier molecular flexibility index (Phi) is 8.99. The summed E-state index contributed by atoms with van der Waals surface area (Å²) in [6, 6.07) is 20.4. The van der Waals surface area contributed by atoms with Crippen LogP contribution in [-0.2, 0) is 4.79 Å². The summed E-state index contributed by atoms with van der Waals surface area (Å²) >= 11 is 1.31. The van der Waals surface area contributed by atoms with Gasteiger partial charge in [0.25, 0.3) is 5.91 Å². The van der Waals surface area contributed by atoms with E-state index >= 15 is 0 Å². The van der Waals surface area contributed by atoms with E-state index in [0.717, 1.165) is 17.0 Å². The van der Waals surface area contributed by atoms with Crippen molar-refractivity contribution in [3.05, 3.63) is 77.9 Å². The van der Waals surface area contributed by atoms with Crippen molar-refractivity contribution in [3.63, 3.8) is 0 Å². The van der Waals surface area contributed by atoms with Crippen molar-refractivity contribution in [2.75, 3.05) is 30.6 Å². The molecule has 3 aromatic rings. The van der Waals surface area contributed by atoms with Gasteiger partial charge in [0.1, 0.15) is 0 Å². The van der Waals surface area contributed by atoms with Crippen LogP contribution in [0.25, 0.3) is 0 Å². The summed E-state index contributed by atoms with van der Waals surface area (Å²) in [5.41, 5.74) is 3.12. The van der Waals surface area contributed by atoms with Crippen molar-refractivity contribution in [1.82, 2.24) is 0 Å². The van der Waals surface area contributed by atoms with Crippen LogP contribution in [0.4, 0.5) is 11.4 Å². The molecule has 34 heavy (non-hydrogen) atoms. The lowest BCUT2D eigenvalue weighted by Gasteiger charge is -2.13.